The number of hydrogen-bond donors (Lipinski definition) is 2. The van der Waals surface area contributed by atoms with Crippen LogP contribution in [0.15, 0.2) is 18.2 Å². The Kier molecular flexibility index (Phi) is 5.37. The van der Waals surface area contributed by atoms with Gasteiger partial charge in [0.05, 0.1) is 0 Å². The fraction of sp³-hybridized carbons (Fsp3) is 0.588. The Bertz CT molecular complexity index is 488. The number of aryl methyl sites for hydroxylation is 1. The van der Waals surface area contributed by atoms with E-state index in [9.17, 15) is 0 Å². The molecule has 1 saturated heterocycles. The van der Waals surface area contributed by atoms with Crippen LogP contribution in [-0.4, -0.2) is 49.4 Å². The minimum atomic E-state index is 0.147. The lowest BCUT2D eigenvalue weighted by atomic mass is 9.95. The number of benzene rings is 1. The largest absolute Gasteiger partial charge is 0.384 e. The molecule has 1 aromatic carbocycles. The molecule has 0 saturated carbocycles. The van der Waals surface area contributed by atoms with Gasteiger partial charge in [0.1, 0.15) is 5.84 Å². The fourth-order valence-corrected chi connectivity index (χ4v) is 3.13. The highest BCUT2D eigenvalue weighted by molar-refractivity contribution is 5.95. The van der Waals surface area contributed by atoms with E-state index in [0.717, 1.165) is 18.0 Å². The zero-order chi connectivity index (χ0) is 15.4. The minimum absolute atomic E-state index is 0.147. The van der Waals surface area contributed by atoms with Gasteiger partial charge in [0.2, 0.25) is 0 Å². The topological polar surface area (TPSA) is 56.4 Å². The highest BCUT2D eigenvalue weighted by Crippen LogP contribution is 2.21. The van der Waals surface area contributed by atoms with E-state index in [-0.39, 0.29) is 5.84 Å². The third-order valence-electron chi connectivity index (χ3n) is 4.38. The normalized spacial score (nSPS) is 17.3. The van der Waals surface area contributed by atoms with Crippen LogP contribution in [-0.2, 0) is 6.54 Å². The van der Waals surface area contributed by atoms with Gasteiger partial charge in [-0.05, 0) is 70.1 Å². The molecule has 0 amide bonds. The molecular formula is C17H28N4. The number of rotatable bonds is 5. The van der Waals surface area contributed by atoms with Gasteiger partial charge in [-0.15, -0.1) is 0 Å². The second-order valence-electron chi connectivity index (χ2n) is 6.54. The van der Waals surface area contributed by atoms with Gasteiger partial charge >= 0.3 is 0 Å². The molecule has 2 rings (SSSR count). The summed E-state index contributed by atoms with van der Waals surface area (Å²) >= 11 is 0. The number of nitrogens with one attached hydrogen (secondary N) is 1. The van der Waals surface area contributed by atoms with Crippen LogP contribution in [0.25, 0.3) is 0 Å². The third-order valence-corrected chi connectivity index (χ3v) is 4.38. The lowest BCUT2D eigenvalue weighted by molar-refractivity contribution is 0.156. The average Bonchev–Trinajstić information content (AvgIpc) is 2.42. The van der Waals surface area contributed by atoms with Crippen molar-refractivity contribution in [3.8, 4) is 0 Å². The number of nitrogen functional groups attached to an aromatic ring is 1. The van der Waals surface area contributed by atoms with E-state index in [1.54, 1.807) is 0 Å². The van der Waals surface area contributed by atoms with Crippen molar-refractivity contribution in [1.82, 2.24) is 9.80 Å². The maximum Gasteiger partial charge on any atom is 0.122 e. The zero-order valence-corrected chi connectivity index (χ0v) is 13.5. The first-order valence-corrected chi connectivity index (χ1v) is 7.76. The summed E-state index contributed by atoms with van der Waals surface area (Å²) in [6.07, 6.45) is 2.59. The van der Waals surface area contributed by atoms with Gasteiger partial charge < -0.3 is 10.6 Å². The molecule has 1 fully saturated rings. The first-order chi connectivity index (χ1) is 9.95. The Morgan fingerprint density at radius 1 is 1.33 bits per heavy atom. The smallest absolute Gasteiger partial charge is 0.122 e. The van der Waals surface area contributed by atoms with E-state index in [0.29, 0.717) is 0 Å². The Morgan fingerprint density at radius 3 is 2.52 bits per heavy atom. The molecule has 116 valence electrons. The molecule has 3 N–H and O–H groups in total. The number of nitrogens with two attached hydrogens (primary N) is 1. The van der Waals surface area contributed by atoms with Crippen molar-refractivity contribution in [2.45, 2.75) is 26.3 Å². The van der Waals surface area contributed by atoms with Crippen molar-refractivity contribution in [2.24, 2.45) is 11.7 Å². The van der Waals surface area contributed by atoms with Crippen LogP contribution in [0.2, 0.25) is 0 Å². The van der Waals surface area contributed by atoms with Gasteiger partial charge in [-0.2, -0.15) is 0 Å². The number of nitrogens with zero attached hydrogens (tertiary/aromatic N) is 2. The predicted molar refractivity (Wildman–Crippen MR) is 88.8 cm³/mol. The van der Waals surface area contributed by atoms with Crippen LogP contribution >= 0.6 is 0 Å². The van der Waals surface area contributed by atoms with Crippen molar-refractivity contribution >= 4 is 5.84 Å². The summed E-state index contributed by atoms with van der Waals surface area (Å²) in [6, 6.07) is 6.11. The Balaban J connectivity index is 1.90. The molecule has 0 atom stereocenters. The Hall–Kier alpha value is -1.39. The number of hydrogen-bond acceptors (Lipinski definition) is 3. The molecule has 1 aliphatic rings. The van der Waals surface area contributed by atoms with Crippen molar-refractivity contribution in [3.05, 3.63) is 34.9 Å². The van der Waals surface area contributed by atoms with E-state index >= 15 is 0 Å². The maximum absolute atomic E-state index is 7.50. The molecule has 0 bridgehead atoms. The van der Waals surface area contributed by atoms with E-state index in [4.69, 9.17) is 11.1 Å². The van der Waals surface area contributed by atoms with Gasteiger partial charge in [-0.25, -0.2) is 0 Å². The van der Waals surface area contributed by atoms with Gasteiger partial charge in [0, 0.05) is 18.7 Å². The van der Waals surface area contributed by atoms with Crippen LogP contribution in [0.5, 0.6) is 0 Å². The monoisotopic (exact) mass is 288 g/mol. The summed E-state index contributed by atoms with van der Waals surface area (Å²) < 4.78 is 0. The lowest BCUT2D eigenvalue weighted by Crippen LogP contribution is -2.36. The maximum atomic E-state index is 7.50. The number of piperidine rings is 1. The van der Waals surface area contributed by atoms with Gasteiger partial charge in [0.15, 0.2) is 0 Å². The van der Waals surface area contributed by atoms with Crippen molar-refractivity contribution in [2.75, 3.05) is 33.7 Å². The van der Waals surface area contributed by atoms with Gasteiger partial charge in [0.25, 0.3) is 0 Å². The van der Waals surface area contributed by atoms with Gasteiger partial charge in [-0.1, -0.05) is 12.1 Å². The molecule has 1 aromatic rings. The van der Waals surface area contributed by atoms with Crippen molar-refractivity contribution in [1.29, 1.82) is 5.41 Å². The summed E-state index contributed by atoms with van der Waals surface area (Å²) in [4.78, 5) is 4.84. The molecule has 1 heterocycles. The molecule has 1 aliphatic heterocycles. The molecular weight excluding hydrogens is 260 g/mol. The zero-order valence-electron chi connectivity index (χ0n) is 13.5. The third kappa shape index (κ3) is 4.55. The summed E-state index contributed by atoms with van der Waals surface area (Å²) in [5, 5.41) is 7.50. The summed E-state index contributed by atoms with van der Waals surface area (Å²) in [5.74, 6) is 0.992. The lowest BCUT2D eigenvalue weighted by Gasteiger charge is -2.33. The van der Waals surface area contributed by atoms with E-state index in [2.05, 4.69) is 36.9 Å². The fourth-order valence-electron chi connectivity index (χ4n) is 3.13. The molecule has 4 heteroatoms. The second-order valence-corrected chi connectivity index (χ2v) is 6.54. The quantitative estimate of drug-likeness (QED) is 0.644. The molecule has 21 heavy (non-hydrogen) atoms. The van der Waals surface area contributed by atoms with E-state index < -0.39 is 0 Å². The van der Waals surface area contributed by atoms with Crippen molar-refractivity contribution < 1.29 is 0 Å². The SMILES string of the molecule is Cc1cc(C(=N)N)ccc1CN1CCC(CN(C)C)CC1. The molecule has 0 unspecified atom stereocenters. The molecule has 0 aromatic heterocycles. The number of amidine groups is 1. The Labute approximate surface area is 128 Å². The standard InChI is InChI=1S/C17H28N4/c1-13-10-15(17(18)19)4-5-16(13)12-21-8-6-14(7-9-21)11-20(2)3/h4-5,10,14H,6-9,11-12H2,1-3H3,(H3,18,19). The molecule has 4 nitrogen and oxygen atoms in total. The minimum Gasteiger partial charge on any atom is -0.384 e. The van der Waals surface area contributed by atoms with Gasteiger partial charge in [-0.3, -0.25) is 10.3 Å². The highest BCUT2D eigenvalue weighted by Gasteiger charge is 2.20. The average molecular weight is 288 g/mol. The van der Waals surface area contributed by atoms with Crippen LogP contribution in [0.3, 0.4) is 0 Å². The van der Waals surface area contributed by atoms with E-state index in [1.165, 1.54) is 43.6 Å². The highest BCUT2D eigenvalue weighted by atomic mass is 15.1. The van der Waals surface area contributed by atoms with E-state index in [1.807, 2.05) is 12.1 Å². The first-order valence-electron chi connectivity index (χ1n) is 7.76. The molecule has 0 spiro atoms. The van der Waals surface area contributed by atoms with Crippen molar-refractivity contribution in [3.63, 3.8) is 0 Å². The van der Waals surface area contributed by atoms with Crippen LogP contribution in [0.4, 0.5) is 0 Å². The molecule has 0 aliphatic carbocycles. The first kappa shape index (κ1) is 16.0. The summed E-state index contributed by atoms with van der Waals surface area (Å²) in [6.45, 7) is 6.71. The summed E-state index contributed by atoms with van der Waals surface area (Å²) in [7, 11) is 4.32. The van der Waals surface area contributed by atoms with Crippen LogP contribution in [0, 0.1) is 18.3 Å². The summed E-state index contributed by atoms with van der Waals surface area (Å²) in [5.41, 5.74) is 8.95. The number of likely N-dealkylation sites (tertiary alicyclic amines) is 1. The molecule has 0 radical (unpaired) electrons. The second kappa shape index (κ2) is 7.05. The van der Waals surface area contributed by atoms with Crippen LogP contribution < -0.4 is 5.73 Å². The Morgan fingerprint density at radius 2 is 2.00 bits per heavy atom. The van der Waals surface area contributed by atoms with Crippen LogP contribution in [0.1, 0.15) is 29.5 Å². The predicted octanol–water partition coefficient (Wildman–Crippen LogP) is 2.05.